The van der Waals surface area contributed by atoms with Gasteiger partial charge >= 0.3 is 0 Å². The molecular formula is C70H92O2S6. The first-order valence-electron chi connectivity index (χ1n) is 30.8. The maximum Gasteiger partial charge on any atom is 0.118 e. The van der Waals surface area contributed by atoms with E-state index in [0.717, 1.165) is 11.5 Å². The molecule has 8 aromatic rings. The number of hydrogen-bond acceptors (Lipinski definition) is 8. The SMILES string of the molecule is CCCCCCCCCCCCCCCCCc1c(-c2ccc(/C=C/c3ccc(OC)cc3)s2)sc2c1sc1c3sc(-c4ccc(/C=C/c5ccc(OC)cc5)s4)c(CCCCCCCCCCCCCCCCC)c3sc21. The van der Waals surface area contributed by atoms with Crippen LogP contribution in [0.3, 0.4) is 0 Å². The molecule has 0 fully saturated rings. The molecule has 0 radical (unpaired) electrons. The zero-order chi connectivity index (χ0) is 54.0. The fourth-order valence-corrected chi connectivity index (χ4v) is 19.5. The van der Waals surface area contributed by atoms with E-state index in [-0.39, 0.29) is 0 Å². The molecule has 0 saturated carbocycles. The highest BCUT2D eigenvalue weighted by molar-refractivity contribution is 7.46. The van der Waals surface area contributed by atoms with Crippen molar-refractivity contribution in [3.63, 3.8) is 0 Å². The summed E-state index contributed by atoms with van der Waals surface area (Å²) < 4.78 is 20.1. The Morgan fingerprint density at radius 2 is 0.590 bits per heavy atom. The lowest BCUT2D eigenvalue weighted by Crippen LogP contribution is -1.87. The first-order chi connectivity index (χ1) is 38.6. The maximum atomic E-state index is 5.42. The molecule has 0 aliphatic carbocycles. The summed E-state index contributed by atoms with van der Waals surface area (Å²) in [4.78, 5) is 8.49. The quantitative estimate of drug-likeness (QED) is 0.0356. The summed E-state index contributed by atoms with van der Waals surface area (Å²) in [6.45, 7) is 4.63. The van der Waals surface area contributed by atoms with Gasteiger partial charge in [-0.3, -0.25) is 0 Å². The van der Waals surface area contributed by atoms with Gasteiger partial charge in [-0.2, -0.15) is 0 Å². The minimum atomic E-state index is 0.896. The lowest BCUT2D eigenvalue weighted by Gasteiger charge is -2.05. The summed E-state index contributed by atoms with van der Waals surface area (Å²) in [5, 5.41) is 0. The van der Waals surface area contributed by atoms with E-state index in [1.807, 2.05) is 46.9 Å². The third-order valence-corrected chi connectivity index (χ3v) is 24.0. The van der Waals surface area contributed by atoms with Crippen LogP contribution in [0.4, 0.5) is 0 Å². The van der Waals surface area contributed by atoms with Crippen molar-refractivity contribution in [1.82, 2.24) is 0 Å². The largest absolute Gasteiger partial charge is 0.497 e. The first kappa shape index (κ1) is 60.6. The number of benzene rings is 2. The lowest BCUT2D eigenvalue weighted by molar-refractivity contribution is 0.414. The maximum absolute atomic E-state index is 5.42. The standard InChI is InChI=1S/C70H92O2S6/c1-5-7-9-11-13-15-17-19-21-23-25-27-29-31-33-35-59-63(61-51-49-57(73-61)47-41-53-37-43-55(71-3)44-38-53)75-67-65(59)77-70-68-66(78-69(67)70)60(36-34-32-30-28-26-24-22-20-18-16-14-12-10-8-6-2)64(76-68)62-52-50-58(74-62)48-42-54-39-45-56(72-4)46-40-54/h37-52H,5-36H2,1-4H3/b47-41+,48-42+. The summed E-state index contributed by atoms with van der Waals surface area (Å²) in [5.41, 5.74) is 5.61. The van der Waals surface area contributed by atoms with Crippen LogP contribution in [0.25, 0.3) is 72.0 Å². The Balaban J connectivity index is 0.973. The molecule has 8 rings (SSSR count). The van der Waals surface area contributed by atoms with Gasteiger partial charge in [0.25, 0.3) is 0 Å². The minimum absolute atomic E-state index is 0.896. The van der Waals surface area contributed by atoms with E-state index in [4.69, 9.17) is 9.47 Å². The van der Waals surface area contributed by atoms with Crippen molar-refractivity contribution in [3.05, 3.63) is 105 Å². The monoisotopic (exact) mass is 1160 g/mol. The molecule has 420 valence electrons. The van der Waals surface area contributed by atoms with Crippen molar-refractivity contribution in [2.24, 2.45) is 0 Å². The fraction of sp³-hybridized carbons (Fsp3) is 0.514. The molecule has 0 aliphatic rings. The fourth-order valence-electron chi connectivity index (χ4n) is 11.1. The molecular weight excluding hydrogens is 1070 g/mol. The van der Waals surface area contributed by atoms with E-state index < -0.39 is 0 Å². The molecule has 78 heavy (non-hydrogen) atoms. The van der Waals surface area contributed by atoms with E-state index in [2.05, 4.69) is 132 Å². The van der Waals surface area contributed by atoms with Gasteiger partial charge in [0.05, 0.1) is 42.4 Å². The molecule has 6 heterocycles. The Labute approximate surface area is 495 Å². The smallest absolute Gasteiger partial charge is 0.118 e. The first-order valence-corrected chi connectivity index (χ1v) is 35.7. The van der Waals surface area contributed by atoms with E-state index in [0.29, 0.717) is 0 Å². The molecule has 0 atom stereocenters. The van der Waals surface area contributed by atoms with Crippen molar-refractivity contribution in [3.8, 4) is 31.0 Å². The molecule has 0 amide bonds. The summed E-state index contributed by atoms with van der Waals surface area (Å²) in [5.74, 6) is 1.79. The zero-order valence-electron chi connectivity index (χ0n) is 48.1. The van der Waals surface area contributed by atoms with E-state index in [9.17, 15) is 0 Å². The Bertz CT molecular complexity index is 2780. The van der Waals surface area contributed by atoms with Gasteiger partial charge in [-0.05, 0) is 109 Å². The van der Waals surface area contributed by atoms with Crippen LogP contribution in [0.5, 0.6) is 11.5 Å². The lowest BCUT2D eigenvalue weighted by atomic mass is 10.0. The van der Waals surface area contributed by atoms with Gasteiger partial charge < -0.3 is 9.47 Å². The van der Waals surface area contributed by atoms with Crippen molar-refractivity contribution in [2.75, 3.05) is 14.2 Å². The predicted molar refractivity (Wildman–Crippen MR) is 358 cm³/mol. The number of unbranched alkanes of at least 4 members (excludes halogenated alkanes) is 28. The highest BCUT2D eigenvalue weighted by atomic mass is 32.1. The van der Waals surface area contributed by atoms with Gasteiger partial charge in [0.15, 0.2) is 0 Å². The molecule has 2 aromatic carbocycles. The van der Waals surface area contributed by atoms with Gasteiger partial charge in [0.1, 0.15) is 11.5 Å². The van der Waals surface area contributed by atoms with Crippen LogP contribution in [0.1, 0.15) is 238 Å². The van der Waals surface area contributed by atoms with Crippen LogP contribution >= 0.6 is 68.0 Å². The summed E-state index contributed by atoms with van der Waals surface area (Å²) in [6.07, 6.45) is 53.4. The van der Waals surface area contributed by atoms with Gasteiger partial charge in [0.2, 0.25) is 0 Å². The van der Waals surface area contributed by atoms with E-state index >= 15 is 0 Å². The molecule has 0 bridgehead atoms. The van der Waals surface area contributed by atoms with Gasteiger partial charge in [-0.25, -0.2) is 0 Å². The van der Waals surface area contributed by atoms with Crippen LogP contribution in [0, 0.1) is 0 Å². The Morgan fingerprint density at radius 1 is 0.295 bits per heavy atom. The van der Waals surface area contributed by atoms with Crippen molar-refractivity contribution < 1.29 is 9.47 Å². The predicted octanol–water partition coefficient (Wildman–Crippen LogP) is 26.0. The second kappa shape index (κ2) is 34.1. The number of methoxy groups -OCH3 is 2. The molecule has 6 aromatic heterocycles. The minimum Gasteiger partial charge on any atom is -0.497 e. The number of ether oxygens (including phenoxy) is 2. The van der Waals surface area contributed by atoms with Crippen LogP contribution in [0.15, 0.2) is 72.8 Å². The molecule has 0 N–H and O–H groups in total. The Morgan fingerprint density at radius 3 is 0.897 bits per heavy atom. The molecule has 0 aliphatic heterocycles. The molecule has 0 saturated heterocycles. The normalized spacial score (nSPS) is 12.1. The second-order valence-electron chi connectivity index (χ2n) is 22.0. The van der Waals surface area contributed by atoms with Crippen molar-refractivity contribution in [1.29, 1.82) is 0 Å². The molecule has 2 nitrogen and oxygen atoms in total. The third kappa shape index (κ3) is 18.3. The number of aryl methyl sites for hydroxylation is 2. The zero-order valence-corrected chi connectivity index (χ0v) is 53.0. The Kier molecular flexibility index (Phi) is 26.5. The number of thiophene rings is 6. The van der Waals surface area contributed by atoms with Crippen molar-refractivity contribution in [2.45, 2.75) is 219 Å². The topological polar surface area (TPSA) is 18.5 Å². The van der Waals surface area contributed by atoms with Crippen LogP contribution in [-0.2, 0) is 12.8 Å². The van der Waals surface area contributed by atoms with Crippen LogP contribution in [-0.4, -0.2) is 14.2 Å². The van der Waals surface area contributed by atoms with Gasteiger partial charge in [0, 0.05) is 29.3 Å². The summed E-state index contributed by atoms with van der Waals surface area (Å²) in [6, 6.07) is 26.2. The van der Waals surface area contributed by atoms with E-state index in [1.54, 1.807) is 53.5 Å². The summed E-state index contributed by atoms with van der Waals surface area (Å²) in [7, 11) is 3.46. The van der Waals surface area contributed by atoms with E-state index in [1.165, 1.54) is 246 Å². The number of rotatable bonds is 40. The second-order valence-corrected chi connectivity index (χ2v) is 28.3. The molecule has 0 unspecified atom stereocenters. The summed E-state index contributed by atoms with van der Waals surface area (Å²) >= 11 is 12.3. The Hall–Kier alpha value is -3.50. The highest BCUT2D eigenvalue weighted by Crippen LogP contribution is 2.56. The average Bonchev–Trinajstić information content (AvgIpc) is 4.35. The molecule has 8 heteroatoms. The average molecular weight is 1160 g/mol. The van der Waals surface area contributed by atoms with Gasteiger partial charge in [-0.1, -0.05) is 230 Å². The van der Waals surface area contributed by atoms with Crippen LogP contribution < -0.4 is 9.47 Å². The highest BCUT2D eigenvalue weighted by Gasteiger charge is 2.26. The van der Waals surface area contributed by atoms with Gasteiger partial charge in [-0.15, -0.1) is 68.0 Å². The van der Waals surface area contributed by atoms with Crippen molar-refractivity contribution >= 4 is 121 Å². The molecule has 0 spiro atoms. The number of fused-ring (bicyclic) bond motifs is 5. The number of hydrogen-bond donors (Lipinski definition) is 0. The van der Waals surface area contributed by atoms with Crippen LogP contribution in [0.2, 0.25) is 0 Å². The third-order valence-electron chi connectivity index (χ3n) is 15.8.